The fraction of sp³-hybridized carbons (Fsp3) is 0.500. The van der Waals surface area contributed by atoms with Crippen LogP contribution in [0.3, 0.4) is 0 Å². The SMILES string of the molecule is Cc1ccc2cc(C(=O)NCCCCN3CCOCC3)c(C)nc2c1. The summed E-state index contributed by atoms with van der Waals surface area (Å²) in [5, 5.41) is 4.04. The minimum atomic E-state index is -0.0288. The molecule has 1 aliphatic heterocycles. The molecule has 25 heavy (non-hydrogen) atoms. The van der Waals surface area contributed by atoms with Crippen molar-refractivity contribution in [1.82, 2.24) is 15.2 Å². The molecule has 1 saturated heterocycles. The first-order valence-corrected chi connectivity index (χ1v) is 9.10. The standard InChI is InChI=1S/C20H27N3O2/c1-15-5-6-17-14-18(16(2)22-19(17)13-15)20(24)21-7-3-4-8-23-9-11-25-12-10-23/h5-6,13-14H,3-4,7-12H2,1-2H3,(H,21,24). The van der Waals surface area contributed by atoms with E-state index in [0.29, 0.717) is 12.1 Å². The lowest BCUT2D eigenvalue weighted by atomic mass is 10.1. The molecule has 3 rings (SSSR count). The first-order valence-electron chi connectivity index (χ1n) is 9.10. The Morgan fingerprint density at radius 3 is 2.80 bits per heavy atom. The minimum Gasteiger partial charge on any atom is -0.379 e. The number of pyridine rings is 1. The lowest BCUT2D eigenvalue weighted by Crippen LogP contribution is -2.37. The van der Waals surface area contributed by atoms with Crippen molar-refractivity contribution < 1.29 is 9.53 Å². The maximum absolute atomic E-state index is 12.5. The minimum absolute atomic E-state index is 0.0288. The lowest BCUT2D eigenvalue weighted by Gasteiger charge is -2.26. The maximum atomic E-state index is 12.5. The lowest BCUT2D eigenvalue weighted by molar-refractivity contribution is 0.0372. The van der Waals surface area contributed by atoms with Crippen LogP contribution in [0.4, 0.5) is 0 Å². The van der Waals surface area contributed by atoms with Crippen LogP contribution in [0.1, 0.15) is 34.5 Å². The number of aromatic nitrogens is 1. The quantitative estimate of drug-likeness (QED) is 0.821. The summed E-state index contributed by atoms with van der Waals surface area (Å²) in [6.45, 7) is 9.45. The normalized spacial score (nSPS) is 15.4. The van der Waals surface area contributed by atoms with Crippen LogP contribution in [0.2, 0.25) is 0 Å². The number of hydrogen-bond acceptors (Lipinski definition) is 4. The molecule has 1 amide bonds. The molecule has 0 aliphatic carbocycles. The van der Waals surface area contributed by atoms with Crippen LogP contribution in [0.5, 0.6) is 0 Å². The van der Waals surface area contributed by atoms with Gasteiger partial charge in [-0.3, -0.25) is 14.7 Å². The van der Waals surface area contributed by atoms with Crippen molar-refractivity contribution in [3.05, 3.63) is 41.1 Å². The number of carbonyl (C=O) groups excluding carboxylic acids is 1. The third kappa shape index (κ3) is 4.77. The van der Waals surface area contributed by atoms with Gasteiger partial charge < -0.3 is 10.1 Å². The van der Waals surface area contributed by atoms with Crippen LogP contribution in [0, 0.1) is 13.8 Å². The van der Waals surface area contributed by atoms with E-state index in [4.69, 9.17) is 4.74 Å². The summed E-state index contributed by atoms with van der Waals surface area (Å²) in [7, 11) is 0. The molecule has 0 spiro atoms. The Kier molecular flexibility index (Phi) is 6.00. The van der Waals surface area contributed by atoms with E-state index in [1.807, 2.05) is 32.0 Å². The van der Waals surface area contributed by atoms with Crippen LogP contribution in [-0.4, -0.2) is 55.2 Å². The first-order chi connectivity index (χ1) is 12.1. The van der Waals surface area contributed by atoms with Crippen LogP contribution in [0.15, 0.2) is 24.3 Å². The number of hydrogen-bond donors (Lipinski definition) is 1. The Balaban J connectivity index is 1.50. The number of fused-ring (bicyclic) bond motifs is 1. The number of rotatable bonds is 6. The number of benzene rings is 1. The largest absolute Gasteiger partial charge is 0.379 e. The van der Waals surface area contributed by atoms with E-state index in [9.17, 15) is 4.79 Å². The summed E-state index contributed by atoms with van der Waals surface area (Å²) in [4.78, 5) is 19.5. The Hall–Kier alpha value is -1.98. The second-order valence-electron chi connectivity index (χ2n) is 6.73. The van der Waals surface area contributed by atoms with Crippen LogP contribution < -0.4 is 5.32 Å². The van der Waals surface area contributed by atoms with Crippen molar-refractivity contribution in [2.24, 2.45) is 0 Å². The van der Waals surface area contributed by atoms with Crippen LogP contribution in [-0.2, 0) is 4.74 Å². The van der Waals surface area contributed by atoms with Gasteiger partial charge in [0.25, 0.3) is 5.91 Å². The summed E-state index contributed by atoms with van der Waals surface area (Å²) < 4.78 is 5.35. The predicted octanol–water partition coefficient (Wildman–Crippen LogP) is 2.69. The third-order valence-corrected chi connectivity index (χ3v) is 4.70. The molecule has 1 aromatic heterocycles. The molecule has 5 nitrogen and oxygen atoms in total. The van der Waals surface area contributed by atoms with Gasteiger partial charge in [0.05, 0.1) is 30.0 Å². The van der Waals surface area contributed by atoms with Gasteiger partial charge in [-0.15, -0.1) is 0 Å². The summed E-state index contributed by atoms with van der Waals surface area (Å²) in [6, 6.07) is 8.07. The molecule has 2 heterocycles. The zero-order chi connectivity index (χ0) is 17.6. The summed E-state index contributed by atoms with van der Waals surface area (Å²) in [5.41, 5.74) is 3.57. The second-order valence-corrected chi connectivity index (χ2v) is 6.73. The average molecular weight is 341 g/mol. The number of morpholine rings is 1. The van der Waals surface area contributed by atoms with E-state index in [-0.39, 0.29) is 5.91 Å². The monoisotopic (exact) mass is 341 g/mol. The van der Waals surface area contributed by atoms with Crippen molar-refractivity contribution in [3.8, 4) is 0 Å². The highest BCUT2D eigenvalue weighted by molar-refractivity contribution is 5.98. The van der Waals surface area contributed by atoms with Gasteiger partial charge in [-0.05, 0) is 50.9 Å². The van der Waals surface area contributed by atoms with Crippen molar-refractivity contribution in [1.29, 1.82) is 0 Å². The van der Waals surface area contributed by atoms with Crippen molar-refractivity contribution in [2.45, 2.75) is 26.7 Å². The van der Waals surface area contributed by atoms with Gasteiger partial charge in [0, 0.05) is 25.0 Å². The first kappa shape index (κ1) is 17.8. The Morgan fingerprint density at radius 2 is 2.00 bits per heavy atom. The second kappa shape index (κ2) is 8.41. The number of unbranched alkanes of at least 4 members (excludes halogenated alkanes) is 1. The van der Waals surface area contributed by atoms with E-state index < -0.39 is 0 Å². The smallest absolute Gasteiger partial charge is 0.253 e. The average Bonchev–Trinajstić information content (AvgIpc) is 2.61. The molecule has 1 fully saturated rings. The number of ether oxygens (including phenoxy) is 1. The fourth-order valence-corrected chi connectivity index (χ4v) is 3.19. The van der Waals surface area contributed by atoms with Gasteiger partial charge in [0.15, 0.2) is 0 Å². The van der Waals surface area contributed by atoms with Gasteiger partial charge in [-0.25, -0.2) is 0 Å². The molecule has 0 saturated carbocycles. The highest BCUT2D eigenvalue weighted by atomic mass is 16.5. The maximum Gasteiger partial charge on any atom is 0.253 e. The molecule has 1 aliphatic rings. The van der Waals surface area contributed by atoms with Gasteiger partial charge in [-0.1, -0.05) is 12.1 Å². The third-order valence-electron chi connectivity index (χ3n) is 4.70. The van der Waals surface area contributed by atoms with Gasteiger partial charge >= 0.3 is 0 Å². The van der Waals surface area contributed by atoms with Crippen molar-refractivity contribution >= 4 is 16.8 Å². The Labute approximate surface area is 149 Å². The summed E-state index contributed by atoms with van der Waals surface area (Å²) in [5.74, 6) is -0.0288. The summed E-state index contributed by atoms with van der Waals surface area (Å²) >= 11 is 0. The van der Waals surface area contributed by atoms with E-state index in [0.717, 1.165) is 62.3 Å². The molecule has 2 aromatic rings. The topological polar surface area (TPSA) is 54.5 Å². The number of aryl methyl sites for hydroxylation is 2. The highest BCUT2D eigenvalue weighted by Gasteiger charge is 2.12. The number of nitrogens with one attached hydrogen (secondary N) is 1. The van der Waals surface area contributed by atoms with Gasteiger partial charge in [0.1, 0.15) is 0 Å². The van der Waals surface area contributed by atoms with E-state index in [2.05, 4.69) is 21.3 Å². The van der Waals surface area contributed by atoms with Crippen LogP contribution in [0.25, 0.3) is 10.9 Å². The molecule has 5 heteroatoms. The molecule has 0 atom stereocenters. The molecule has 134 valence electrons. The predicted molar refractivity (Wildman–Crippen MR) is 100 cm³/mol. The van der Waals surface area contributed by atoms with E-state index in [1.54, 1.807) is 0 Å². The van der Waals surface area contributed by atoms with Gasteiger partial charge in [0.2, 0.25) is 0 Å². The molecule has 0 unspecified atom stereocenters. The summed E-state index contributed by atoms with van der Waals surface area (Å²) in [6.07, 6.45) is 2.08. The molecule has 1 N–H and O–H groups in total. The zero-order valence-electron chi connectivity index (χ0n) is 15.2. The molecular weight excluding hydrogens is 314 g/mol. The molecule has 0 radical (unpaired) electrons. The van der Waals surface area contributed by atoms with E-state index >= 15 is 0 Å². The molecule has 0 bridgehead atoms. The number of carbonyl (C=O) groups is 1. The van der Waals surface area contributed by atoms with Gasteiger partial charge in [-0.2, -0.15) is 0 Å². The van der Waals surface area contributed by atoms with Crippen LogP contribution >= 0.6 is 0 Å². The van der Waals surface area contributed by atoms with Crippen molar-refractivity contribution in [3.63, 3.8) is 0 Å². The van der Waals surface area contributed by atoms with Crippen molar-refractivity contribution in [2.75, 3.05) is 39.4 Å². The molecule has 1 aromatic carbocycles. The Morgan fingerprint density at radius 1 is 1.20 bits per heavy atom. The fourth-order valence-electron chi connectivity index (χ4n) is 3.19. The highest BCUT2D eigenvalue weighted by Crippen LogP contribution is 2.18. The zero-order valence-corrected chi connectivity index (χ0v) is 15.2. The molecular formula is C20H27N3O2. The van der Waals surface area contributed by atoms with E-state index in [1.165, 1.54) is 5.56 Å². The Bertz CT molecular complexity index is 739. The number of amides is 1. The number of nitrogens with zero attached hydrogens (tertiary/aromatic N) is 2.